The predicted molar refractivity (Wildman–Crippen MR) is 111 cm³/mol. The molecule has 0 bridgehead atoms. The molecule has 0 saturated carbocycles. The van der Waals surface area contributed by atoms with Gasteiger partial charge in [0.1, 0.15) is 28.7 Å². The molecule has 0 spiro atoms. The molecular formula is C21H14F3N3O3S. The lowest BCUT2D eigenvalue weighted by atomic mass is 10.2. The summed E-state index contributed by atoms with van der Waals surface area (Å²) in [5.41, 5.74) is -0.856. The first-order valence-electron chi connectivity index (χ1n) is 9.01. The molecule has 2 heterocycles. The molecule has 0 radical (unpaired) electrons. The van der Waals surface area contributed by atoms with E-state index in [4.69, 9.17) is 0 Å². The van der Waals surface area contributed by atoms with Crippen LogP contribution < -0.4 is 16.6 Å². The molecule has 0 saturated heterocycles. The van der Waals surface area contributed by atoms with E-state index in [1.165, 1.54) is 18.2 Å². The molecule has 0 aliphatic rings. The van der Waals surface area contributed by atoms with Gasteiger partial charge in [-0.05, 0) is 54.3 Å². The molecule has 158 valence electrons. The summed E-state index contributed by atoms with van der Waals surface area (Å²) < 4.78 is 42.6. The van der Waals surface area contributed by atoms with Gasteiger partial charge in [-0.25, -0.2) is 22.5 Å². The fraction of sp³-hybridized carbons (Fsp3) is 0.0952. The maximum absolute atomic E-state index is 13.9. The number of aryl methyl sites for hydroxylation is 1. The number of fused-ring (bicyclic) bond motifs is 1. The average molecular weight is 445 g/mol. The second kappa shape index (κ2) is 7.88. The fourth-order valence-corrected chi connectivity index (χ4v) is 4.07. The largest absolute Gasteiger partial charge is 0.336 e. The molecule has 4 rings (SSSR count). The summed E-state index contributed by atoms with van der Waals surface area (Å²) in [6, 6.07) is 7.82. The van der Waals surface area contributed by atoms with Gasteiger partial charge in [-0.3, -0.25) is 14.2 Å². The van der Waals surface area contributed by atoms with E-state index in [1.54, 1.807) is 12.3 Å². The molecule has 10 heteroatoms. The van der Waals surface area contributed by atoms with Crippen molar-refractivity contribution in [2.75, 3.05) is 5.32 Å². The third-order valence-corrected chi connectivity index (χ3v) is 5.55. The van der Waals surface area contributed by atoms with E-state index in [0.29, 0.717) is 11.6 Å². The Morgan fingerprint density at radius 3 is 2.45 bits per heavy atom. The lowest BCUT2D eigenvalue weighted by Gasteiger charge is -2.14. The summed E-state index contributed by atoms with van der Waals surface area (Å²) in [7, 11) is 0. The molecule has 0 fully saturated rings. The maximum Gasteiger partial charge on any atom is 0.336 e. The number of halogens is 3. The zero-order valence-electron chi connectivity index (χ0n) is 16.0. The normalized spacial score (nSPS) is 11.1. The summed E-state index contributed by atoms with van der Waals surface area (Å²) >= 11 is 1.09. The first-order valence-corrected chi connectivity index (χ1v) is 9.88. The molecule has 2 aromatic carbocycles. The molecule has 4 aromatic rings. The van der Waals surface area contributed by atoms with Crippen molar-refractivity contribution in [2.45, 2.75) is 13.5 Å². The van der Waals surface area contributed by atoms with Crippen molar-refractivity contribution in [1.82, 2.24) is 9.13 Å². The van der Waals surface area contributed by atoms with E-state index in [2.05, 4.69) is 5.32 Å². The Balaban J connectivity index is 1.81. The Kier molecular flexibility index (Phi) is 5.24. The van der Waals surface area contributed by atoms with Crippen molar-refractivity contribution >= 4 is 33.1 Å². The molecule has 2 aromatic heterocycles. The molecule has 1 N–H and O–H groups in total. The number of aromatic nitrogens is 2. The van der Waals surface area contributed by atoms with E-state index in [1.807, 2.05) is 0 Å². The number of rotatable bonds is 4. The Labute approximate surface area is 176 Å². The quantitative estimate of drug-likeness (QED) is 0.522. The van der Waals surface area contributed by atoms with Gasteiger partial charge < -0.3 is 5.32 Å². The highest BCUT2D eigenvalue weighted by Crippen LogP contribution is 2.19. The minimum absolute atomic E-state index is 0.186. The summed E-state index contributed by atoms with van der Waals surface area (Å²) in [6.07, 6.45) is 0. The molecule has 0 unspecified atom stereocenters. The Hall–Kier alpha value is -3.66. The van der Waals surface area contributed by atoms with Crippen molar-refractivity contribution in [3.8, 4) is 5.69 Å². The van der Waals surface area contributed by atoms with Crippen LogP contribution in [0.3, 0.4) is 0 Å². The fourth-order valence-electron chi connectivity index (χ4n) is 3.25. The van der Waals surface area contributed by atoms with E-state index in [0.717, 1.165) is 38.7 Å². The van der Waals surface area contributed by atoms with Crippen LogP contribution in [0.25, 0.3) is 15.9 Å². The average Bonchev–Trinajstić information content (AvgIpc) is 3.19. The van der Waals surface area contributed by atoms with Gasteiger partial charge in [-0.2, -0.15) is 0 Å². The van der Waals surface area contributed by atoms with Gasteiger partial charge in [0.2, 0.25) is 5.91 Å². The van der Waals surface area contributed by atoms with Crippen LogP contribution >= 0.6 is 11.3 Å². The second-order valence-electron chi connectivity index (χ2n) is 6.75. The predicted octanol–water partition coefficient (Wildman–Crippen LogP) is 3.58. The van der Waals surface area contributed by atoms with Crippen LogP contribution in [0.5, 0.6) is 0 Å². The zero-order valence-corrected chi connectivity index (χ0v) is 16.8. The minimum atomic E-state index is -0.965. The Morgan fingerprint density at radius 2 is 1.74 bits per heavy atom. The SMILES string of the molecule is Cc1cc(F)ccc1-n1c(=O)c2sccc2n(CC(=O)Nc2ccc(F)cc2F)c1=O. The van der Waals surface area contributed by atoms with Crippen LogP contribution in [0.1, 0.15) is 5.56 Å². The lowest BCUT2D eigenvalue weighted by Crippen LogP contribution is -2.40. The van der Waals surface area contributed by atoms with Gasteiger partial charge in [-0.15, -0.1) is 11.3 Å². The third kappa shape index (κ3) is 3.77. The first-order chi connectivity index (χ1) is 14.8. The van der Waals surface area contributed by atoms with Crippen molar-refractivity contribution < 1.29 is 18.0 Å². The van der Waals surface area contributed by atoms with E-state index in [-0.39, 0.29) is 21.6 Å². The van der Waals surface area contributed by atoms with E-state index >= 15 is 0 Å². The van der Waals surface area contributed by atoms with Crippen LogP contribution in [0.4, 0.5) is 18.9 Å². The number of nitrogens with one attached hydrogen (secondary N) is 1. The van der Waals surface area contributed by atoms with Crippen LogP contribution in [0.2, 0.25) is 0 Å². The van der Waals surface area contributed by atoms with Crippen molar-refractivity contribution in [2.24, 2.45) is 0 Å². The van der Waals surface area contributed by atoms with E-state index < -0.39 is 41.2 Å². The number of carbonyl (C=O) groups excluding carboxylic acids is 1. The highest BCUT2D eigenvalue weighted by atomic mass is 32.1. The zero-order chi connectivity index (χ0) is 22.3. The van der Waals surface area contributed by atoms with Crippen LogP contribution in [0.15, 0.2) is 57.4 Å². The number of hydrogen-bond acceptors (Lipinski definition) is 4. The highest BCUT2D eigenvalue weighted by molar-refractivity contribution is 7.17. The number of carbonyl (C=O) groups is 1. The van der Waals surface area contributed by atoms with Gasteiger partial charge in [0.15, 0.2) is 0 Å². The number of hydrogen-bond donors (Lipinski definition) is 1. The molecule has 0 atom stereocenters. The molecule has 6 nitrogen and oxygen atoms in total. The molecule has 0 aliphatic carbocycles. The van der Waals surface area contributed by atoms with Crippen molar-refractivity contribution in [1.29, 1.82) is 0 Å². The van der Waals surface area contributed by atoms with Crippen LogP contribution in [-0.4, -0.2) is 15.0 Å². The van der Waals surface area contributed by atoms with E-state index in [9.17, 15) is 27.6 Å². The van der Waals surface area contributed by atoms with Gasteiger partial charge in [0.25, 0.3) is 5.56 Å². The monoisotopic (exact) mass is 445 g/mol. The molecule has 1 amide bonds. The van der Waals surface area contributed by atoms with Crippen LogP contribution in [-0.2, 0) is 11.3 Å². The van der Waals surface area contributed by atoms with Crippen molar-refractivity contribution in [3.63, 3.8) is 0 Å². The standard InChI is InChI=1S/C21H14F3N3O3S/c1-11-8-12(22)3-5-16(11)27-20(29)19-17(6-7-31-19)26(21(27)30)10-18(28)25-15-4-2-13(23)9-14(15)24/h2-9H,10H2,1H3,(H,25,28). The second-order valence-corrected chi connectivity index (χ2v) is 7.66. The van der Waals surface area contributed by atoms with Gasteiger partial charge >= 0.3 is 5.69 Å². The number of amides is 1. The number of benzene rings is 2. The summed E-state index contributed by atoms with van der Waals surface area (Å²) in [5.74, 6) is -3.03. The number of thiophene rings is 1. The topological polar surface area (TPSA) is 73.1 Å². The molecular weight excluding hydrogens is 431 g/mol. The lowest BCUT2D eigenvalue weighted by molar-refractivity contribution is -0.116. The maximum atomic E-state index is 13.9. The van der Waals surface area contributed by atoms with Crippen LogP contribution in [0, 0.1) is 24.4 Å². The smallest absolute Gasteiger partial charge is 0.322 e. The molecule has 0 aliphatic heterocycles. The molecule has 31 heavy (non-hydrogen) atoms. The third-order valence-electron chi connectivity index (χ3n) is 4.66. The summed E-state index contributed by atoms with van der Waals surface area (Å²) in [5, 5.41) is 3.89. The number of nitrogens with zero attached hydrogens (tertiary/aromatic N) is 2. The number of anilines is 1. The van der Waals surface area contributed by atoms with Gasteiger partial charge in [0, 0.05) is 6.07 Å². The van der Waals surface area contributed by atoms with Gasteiger partial charge in [0.05, 0.1) is 16.9 Å². The summed E-state index contributed by atoms with van der Waals surface area (Å²) in [4.78, 5) is 38.6. The summed E-state index contributed by atoms with van der Waals surface area (Å²) in [6.45, 7) is 1.03. The van der Waals surface area contributed by atoms with Gasteiger partial charge in [-0.1, -0.05) is 0 Å². The Bertz CT molecular complexity index is 1460. The highest BCUT2D eigenvalue weighted by Gasteiger charge is 2.19. The van der Waals surface area contributed by atoms with Crippen molar-refractivity contribution in [3.05, 3.63) is 91.7 Å². The minimum Gasteiger partial charge on any atom is -0.322 e. The first kappa shape index (κ1) is 20.6. The Morgan fingerprint density at radius 1 is 1.03 bits per heavy atom.